The molecule has 4 aromatic rings. The first-order chi connectivity index (χ1) is 12.0. The summed E-state index contributed by atoms with van der Waals surface area (Å²) in [5.41, 5.74) is -0.375. The molecule has 2 heterocycles. The van der Waals surface area contributed by atoms with E-state index in [4.69, 9.17) is 11.6 Å². The highest BCUT2D eigenvalue weighted by molar-refractivity contribution is 9.10. The standard InChI is InChI=1S/C17H9BrClFN2O2S/c18-9-5-4-8(11(20)6-9)7-22-16(23)15-14(21-17(22)24)13-10(19)2-1-3-12(13)25-15/h1-6H,7H2,(H,21,24). The minimum absolute atomic E-state index is 0.148. The number of rotatable bonds is 2. The van der Waals surface area contributed by atoms with Crippen LogP contribution in [0.3, 0.4) is 0 Å². The van der Waals surface area contributed by atoms with Crippen LogP contribution in [0.25, 0.3) is 20.3 Å². The molecule has 0 saturated heterocycles. The molecule has 25 heavy (non-hydrogen) atoms. The smallest absolute Gasteiger partial charge is 0.305 e. The monoisotopic (exact) mass is 438 g/mol. The number of fused-ring (bicyclic) bond motifs is 3. The molecule has 0 saturated carbocycles. The molecular formula is C17H9BrClFN2O2S. The summed E-state index contributed by atoms with van der Waals surface area (Å²) in [6.45, 7) is -0.148. The lowest BCUT2D eigenvalue weighted by Gasteiger charge is -2.06. The van der Waals surface area contributed by atoms with Gasteiger partial charge >= 0.3 is 5.69 Å². The van der Waals surface area contributed by atoms with Gasteiger partial charge in [-0.3, -0.25) is 9.36 Å². The molecule has 0 radical (unpaired) electrons. The summed E-state index contributed by atoms with van der Waals surface area (Å²) in [7, 11) is 0. The SMILES string of the molecule is O=c1[nH]c2c(sc3cccc(Cl)c32)c(=O)n1Cc1ccc(Br)cc1F. The Morgan fingerprint density at radius 1 is 1.24 bits per heavy atom. The summed E-state index contributed by atoms with van der Waals surface area (Å²) in [6.07, 6.45) is 0. The van der Waals surface area contributed by atoms with E-state index in [0.717, 1.165) is 9.27 Å². The Bertz CT molecular complexity index is 1260. The van der Waals surface area contributed by atoms with E-state index in [1.807, 2.05) is 6.07 Å². The van der Waals surface area contributed by atoms with Crippen LogP contribution in [0.4, 0.5) is 4.39 Å². The summed E-state index contributed by atoms with van der Waals surface area (Å²) < 4.78 is 16.8. The largest absolute Gasteiger partial charge is 0.329 e. The summed E-state index contributed by atoms with van der Waals surface area (Å²) in [5.74, 6) is -0.486. The van der Waals surface area contributed by atoms with Gasteiger partial charge in [-0.25, -0.2) is 9.18 Å². The van der Waals surface area contributed by atoms with Crippen molar-refractivity contribution in [3.05, 3.63) is 78.1 Å². The average Bonchev–Trinajstić information content (AvgIpc) is 2.93. The first kappa shape index (κ1) is 16.5. The second kappa shape index (κ2) is 6.09. The second-order valence-electron chi connectivity index (χ2n) is 5.48. The second-order valence-corrected chi connectivity index (χ2v) is 7.85. The van der Waals surface area contributed by atoms with E-state index in [2.05, 4.69) is 20.9 Å². The highest BCUT2D eigenvalue weighted by Crippen LogP contribution is 2.34. The molecule has 0 unspecified atom stereocenters. The van der Waals surface area contributed by atoms with Crippen molar-refractivity contribution in [2.24, 2.45) is 0 Å². The van der Waals surface area contributed by atoms with Gasteiger partial charge in [0.05, 0.1) is 17.1 Å². The van der Waals surface area contributed by atoms with Crippen LogP contribution in [0, 0.1) is 5.82 Å². The molecule has 0 spiro atoms. The lowest BCUT2D eigenvalue weighted by atomic mass is 10.2. The molecule has 0 bridgehead atoms. The number of nitrogens with one attached hydrogen (secondary N) is 1. The van der Waals surface area contributed by atoms with Crippen LogP contribution in [0.2, 0.25) is 5.02 Å². The number of aromatic nitrogens is 2. The molecule has 0 aliphatic heterocycles. The van der Waals surface area contributed by atoms with Gasteiger partial charge in [0.1, 0.15) is 10.5 Å². The van der Waals surface area contributed by atoms with Gasteiger partial charge in [-0.15, -0.1) is 11.3 Å². The first-order valence-electron chi connectivity index (χ1n) is 7.23. The Labute approximate surface area is 157 Å². The lowest BCUT2D eigenvalue weighted by Crippen LogP contribution is -2.35. The maximum Gasteiger partial charge on any atom is 0.329 e. The number of halogens is 3. The van der Waals surface area contributed by atoms with Crippen LogP contribution in [-0.4, -0.2) is 9.55 Å². The molecule has 126 valence electrons. The van der Waals surface area contributed by atoms with E-state index >= 15 is 0 Å². The van der Waals surface area contributed by atoms with Gasteiger partial charge in [-0.05, 0) is 24.3 Å². The highest BCUT2D eigenvalue weighted by atomic mass is 79.9. The fraction of sp³-hybridized carbons (Fsp3) is 0.0588. The van der Waals surface area contributed by atoms with E-state index in [1.165, 1.54) is 23.5 Å². The third kappa shape index (κ3) is 2.72. The fourth-order valence-electron chi connectivity index (χ4n) is 2.73. The van der Waals surface area contributed by atoms with Gasteiger partial charge < -0.3 is 4.98 Å². The number of aromatic amines is 1. The first-order valence-corrected chi connectivity index (χ1v) is 9.22. The normalized spacial score (nSPS) is 11.5. The Balaban J connectivity index is 1.97. The highest BCUT2D eigenvalue weighted by Gasteiger charge is 2.16. The van der Waals surface area contributed by atoms with Gasteiger partial charge in [0.25, 0.3) is 5.56 Å². The maximum absolute atomic E-state index is 14.1. The molecule has 2 aromatic heterocycles. The number of H-pyrrole nitrogens is 1. The molecule has 2 aromatic carbocycles. The Morgan fingerprint density at radius 2 is 2.04 bits per heavy atom. The van der Waals surface area contributed by atoms with Crippen molar-refractivity contribution in [3.63, 3.8) is 0 Å². The Hall–Kier alpha value is -1.96. The van der Waals surface area contributed by atoms with Crippen molar-refractivity contribution in [3.8, 4) is 0 Å². The van der Waals surface area contributed by atoms with E-state index in [9.17, 15) is 14.0 Å². The van der Waals surface area contributed by atoms with Crippen molar-refractivity contribution in [2.45, 2.75) is 6.54 Å². The zero-order valence-electron chi connectivity index (χ0n) is 12.5. The van der Waals surface area contributed by atoms with Crippen molar-refractivity contribution in [2.75, 3.05) is 0 Å². The van der Waals surface area contributed by atoms with E-state index < -0.39 is 17.1 Å². The molecule has 0 fully saturated rings. The quantitative estimate of drug-likeness (QED) is 0.500. The topological polar surface area (TPSA) is 54.9 Å². The van der Waals surface area contributed by atoms with E-state index in [0.29, 0.717) is 25.1 Å². The van der Waals surface area contributed by atoms with Crippen LogP contribution in [0.15, 0.2) is 50.5 Å². The molecule has 0 atom stereocenters. The molecule has 0 aliphatic carbocycles. The van der Waals surface area contributed by atoms with Crippen LogP contribution >= 0.6 is 38.9 Å². The van der Waals surface area contributed by atoms with Crippen molar-refractivity contribution < 1.29 is 4.39 Å². The Kier molecular flexibility index (Phi) is 4.02. The van der Waals surface area contributed by atoms with Gasteiger partial charge in [0.2, 0.25) is 0 Å². The molecule has 0 amide bonds. The zero-order valence-corrected chi connectivity index (χ0v) is 15.6. The van der Waals surface area contributed by atoms with E-state index in [-0.39, 0.29) is 12.1 Å². The maximum atomic E-state index is 14.1. The minimum atomic E-state index is -0.598. The van der Waals surface area contributed by atoms with E-state index in [1.54, 1.807) is 18.2 Å². The summed E-state index contributed by atoms with van der Waals surface area (Å²) in [5, 5.41) is 1.12. The molecule has 4 rings (SSSR count). The number of hydrogen-bond acceptors (Lipinski definition) is 3. The van der Waals surface area contributed by atoms with Crippen LogP contribution < -0.4 is 11.2 Å². The van der Waals surface area contributed by atoms with Gasteiger partial charge in [-0.2, -0.15) is 0 Å². The van der Waals surface area contributed by atoms with Crippen LogP contribution in [0.5, 0.6) is 0 Å². The minimum Gasteiger partial charge on any atom is -0.305 e. The molecule has 8 heteroatoms. The van der Waals surface area contributed by atoms with Crippen LogP contribution in [0.1, 0.15) is 5.56 Å². The molecular weight excluding hydrogens is 431 g/mol. The third-order valence-corrected chi connectivity index (χ3v) is 5.88. The fourth-order valence-corrected chi connectivity index (χ4v) is 4.52. The zero-order chi connectivity index (χ0) is 17.7. The van der Waals surface area contributed by atoms with Gasteiger partial charge in [0, 0.05) is 20.1 Å². The third-order valence-electron chi connectivity index (χ3n) is 3.92. The summed E-state index contributed by atoms with van der Waals surface area (Å²) >= 11 is 10.6. The Morgan fingerprint density at radius 3 is 2.80 bits per heavy atom. The summed E-state index contributed by atoms with van der Waals surface area (Å²) in [6, 6.07) is 9.83. The average molecular weight is 440 g/mol. The molecule has 0 aliphatic rings. The lowest BCUT2D eigenvalue weighted by molar-refractivity contribution is 0.590. The van der Waals surface area contributed by atoms with Crippen molar-refractivity contribution >= 4 is 59.2 Å². The predicted octanol–water partition coefficient (Wildman–Crippen LogP) is 4.51. The number of nitrogens with zero attached hydrogens (tertiary/aromatic N) is 1. The molecule has 4 nitrogen and oxygen atoms in total. The van der Waals surface area contributed by atoms with Gasteiger partial charge in [-0.1, -0.05) is 39.7 Å². The summed E-state index contributed by atoms with van der Waals surface area (Å²) in [4.78, 5) is 27.9. The number of thiophene rings is 1. The molecule has 1 N–H and O–H groups in total. The van der Waals surface area contributed by atoms with Gasteiger partial charge in [0.15, 0.2) is 0 Å². The van der Waals surface area contributed by atoms with Crippen molar-refractivity contribution in [1.82, 2.24) is 9.55 Å². The predicted molar refractivity (Wildman–Crippen MR) is 102 cm³/mol. The number of hydrogen-bond donors (Lipinski definition) is 1. The van der Waals surface area contributed by atoms with Crippen molar-refractivity contribution in [1.29, 1.82) is 0 Å². The number of benzene rings is 2. The van der Waals surface area contributed by atoms with Crippen LogP contribution in [-0.2, 0) is 6.54 Å².